The van der Waals surface area contributed by atoms with Gasteiger partial charge >= 0.3 is 0 Å². The van der Waals surface area contributed by atoms with Crippen LogP contribution in [0.1, 0.15) is 45.5 Å². The molecule has 3 nitrogen and oxygen atoms in total. The number of aromatic nitrogens is 1. The second-order valence-electron chi connectivity index (χ2n) is 5.22. The Morgan fingerprint density at radius 3 is 2.61 bits per heavy atom. The van der Waals surface area contributed by atoms with E-state index in [0.717, 1.165) is 28.8 Å². The van der Waals surface area contributed by atoms with Gasteiger partial charge in [0.2, 0.25) is 0 Å². The SMILES string of the molecule is CCC1(CC)CSC(NC(C)(C)c2nccs2)=N1. The molecule has 1 aliphatic heterocycles. The van der Waals surface area contributed by atoms with E-state index in [0.29, 0.717) is 0 Å². The smallest absolute Gasteiger partial charge is 0.157 e. The quantitative estimate of drug-likeness (QED) is 0.917. The van der Waals surface area contributed by atoms with Gasteiger partial charge in [-0.15, -0.1) is 11.3 Å². The van der Waals surface area contributed by atoms with Crippen molar-refractivity contribution >= 4 is 28.3 Å². The Labute approximate surface area is 118 Å². The van der Waals surface area contributed by atoms with Crippen molar-refractivity contribution in [3.63, 3.8) is 0 Å². The second-order valence-corrected chi connectivity index (χ2v) is 7.08. The van der Waals surface area contributed by atoms with Crippen LogP contribution >= 0.6 is 23.1 Å². The molecule has 2 heterocycles. The molecular weight excluding hydrogens is 262 g/mol. The van der Waals surface area contributed by atoms with Gasteiger partial charge in [0, 0.05) is 17.3 Å². The third kappa shape index (κ3) is 2.72. The summed E-state index contributed by atoms with van der Waals surface area (Å²) in [4.78, 5) is 9.30. The Balaban J connectivity index is 2.11. The fourth-order valence-corrected chi connectivity index (χ4v) is 4.19. The van der Waals surface area contributed by atoms with Crippen LogP contribution in [0.15, 0.2) is 16.6 Å². The van der Waals surface area contributed by atoms with Crippen molar-refractivity contribution in [3.05, 3.63) is 16.6 Å². The predicted molar refractivity (Wildman–Crippen MR) is 81.5 cm³/mol. The number of rotatable bonds is 4. The first-order chi connectivity index (χ1) is 8.51. The van der Waals surface area contributed by atoms with Crippen molar-refractivity contribution < 1.29 is 0 Å². The average molecular weight is 283 g/mol. The number of nitrogens with one attached hydrogen (secondary N) is 1. The van der Waals surface area contributed by atoms with Crippen molar-refractivity contribution in [1.82, 2.24) is 10.3 Å². The van der Waals surface area contributed by atoms with Crippen LogP contribution in [0.25, 0.3) is 0 Å². The van der Waals surface area contributed by atoms with Gasteiger partial charge in [0.15, 0.2) is 5.17 Å². The molecule has 5 heteroatoms. The van der Waals surface area contributed by atoms with Gasteiger partial charge in [0.25, 0.3) is 0 Å². The molecule has 0 bridgehead atoms. The molecule has 2 rings (SSSR count). The maximum Gasteiger partial charge on any atom is 0.157 e. The minimum absolute atomic E-state index is 0.141. The van der Waals surface area contributed by atoms with Crippen LogP contribution in [0.4, 0.5) is 0 Å². The highest BCUT2D eigenvalue weighted by atomic mass is 32.2. The summed E-state index contributed by atoms with van der Waals surface area (Å²) in [5.41, 5.74) is 0.00349. The first kappa shape index (κ1) is 13.9. The zero-order valence-electron chi connectivity index (χ0n) is 11.5. The first-order valence-corrected chi connectivity index (χ1v) is 8.29. The molecule has 1 aromatic rings. The Hall–Kier alpha value is -0.550. The second kappa shape index (κ2) is 5.21. The Kier molecular flexibility index (Phi) is 4.02. The summed E-state index contributed by atoms with van der Waals surface area (Å²) in [6.07, 6.45) is 4.08. The van der Waals surface area contributed by atoms with Crippen molar-refractivity contribution in [3.8, 4) is 0 Å². The monoisotopic (exact) mass is 283 g/mol. The number of aliphatic imine (C=N–C) groups is 1. The van der Waals surface area contributed by atoms with Gasteiger partial charge in [0.05, 0.1) is 11.1 Å². The number of nitrogens with zero attached hydrogens (tertiary/aromatic N) is 2. The molecule has 0 atom stereocenters. The van der Waals surface area contributed by atoms with Gasteiger partial charge in [-0.3, -0.25) is 4.99 Å². The lowest BCUT2D eigenvalue weighted by Crippen LogP contribution is -2.39. The van der Waals surface area contributed by atoms with Crippen molar-refractivity contribution in [1.29, 1.82) is 0 Å². The first-order valence-electron chi connectivity index (χ1n) is 6.42. The van der Waals surface area contributed by atoms with Crippen LogP contribution < -0.4 is 5.32 Å². The van der Waals surface area contributed by atoms with E-state index in [1.54, 1.807) is 11.3 Å². The van der Waals surface area contributed by atoms with Gasteiger partial charge in [-0.25, -0.2) is 4.98 Å². The van der Waals surface area contributed by atoms with Gasteiger partial charge in [-0.1, -0.05) is 25.6 Å². The van der Waals surface area contributed by atoms with E-state index in [2.05, 4.69) is 38.0 Å². The van der Waals surface area contributed by atoms with E-state index < -0.39 is 0 Å². The van der Waals surface area contributed by atoms with Gasteiger partial charge in [-0.2, -0.15) is 0 Å². The predicted octanol–water partition coefficient (Wildman–Crippen LogP) is 3.63. The fourth-order valence-electron chi connectivity index (χ4n) is 2.01. The highest BCUT2D eigenvalue weighted by Crippen LogP contribution is 2.34. The number of hydrogen-bond donors (Lipinski definition) is 1. The summed E-state index contributed by atoms with van der Waals surface area (Å²) in [5.74, 6) is 1.09. The van der Waals surface area contributed by atoms with Crippen LogP contribution in [-0.2, 0) is 5.54 Å². The lowest BCUT2D eigenvalue weighted by atomic mass is 9.97. The van der Waals surface area contributed by atoms with Crippen LogP contribution in [0.3, 0.4) is 0 Å². The summed E-state index contributed by atoms with van der Waals surface area (Å²) in [6, 6.07) is 0. The van der Waals surface area contributed by atoms with Gasteiger partial charge in [0.1, 0.15) is 5.01 Å². The molecule has 1 N–H and O–H groups in total. The van der Waals surface area contributed by atoms with Crippen LogP contribution in [0.5, 0.6) is 0 Å². The fraction of sp³-hybridized carbons (Fsp3) is 0.692. The molecule has 0 unspecified atom stereocenters. The molecule has 1 aromatic heterocycles. The Morgan fingerprint density at radius 2 is 2.11 bits per heavy atom. The third-order valence-corrected chi connectivity index (χ3v) is 5.76. The Bertz CT molecular complexity index is 419. The Morgan fingerprint density at radius 1 is 1.39 bits per heavy atom. The van der Waals surface area contributed by atoms with Gasteiger partial charge in [-0.05, 0) is 26.7 Å². The zero-order chi connectivity index (χ0) is 13.2. The summed E-state index contributed by atoms with van der Waals surface area (Å²) < 4.78 is 0. The molecule has 0 spiro atoms. The number of hydrogen-bond acceptors (Lipinski definition) is 5. The molecule has 18 heavy (non-hydrogen) atoms. The molecule has 0 aromatic carbocycles. The lowest BCUT2D eigenvalue weighted by molar-refractivity contribution is 0.446. The van der Waals surface area contributed by atoms with E-state index in [1.807, 2.05) is 23.3 Å². The maximum atomic E-state index is 4.90. The van der Waals surface area contributed by atoms with E-state index in [4.69, 9.17) is 4.99 Å². The number of amidine groups is 1. The molecule has 1 aliphatic rings. The van der Waals surface area contributed by atoms with Crippen molar-refractivity contribution in [2.24, 2.45) is 4.99 Å². The maximum absolute atomic E-state index is 4.90. The van der Waals surface area contributed by atoms with Crippen molar-refractivity contribution in [2.45, 2.75) is 51.6 Å². The topological polar surface area (TPSA) is 37.3 Å². The normalized spacial score (nSPS) is 18.8. The zero-order valence-corrected chi connectivity index (χ0v) is 13.1. The number of thioether (sulfide) groups is 1. The molecule has 0 amide bonds. The van der Waals surface area contributed by atoms with Crippen molar-refractivity contribution in [2.75, 3.05) is 5.75 Å². The molecule has 0 saturated heterocycles. The van der Waals surface area contributed by atoms with E-state index in [9.17, 15) is 0 Å². The van der Waals surface area contributed by atoms with Crippen LogP contribution in [-0.4, -0.2) is 21.4 Å². The lowest BCUT2D eigenvalue weighted by Gasteiger charge is -2.24. The summed E-state index contributed by atoms with van der Waals surface area (Å²) in [6.45, 7) is 8.77. The molecule has 0 aliphatic carbocycles. The summed E-state index contributed by atoms with van der Waals surface area (Å²) >= 11 is 3.53. The highest BCUT2D eigenvalue weighted by Gasteiger charge is 2.34. The van der Waals surface area contributed by atoms with Crippen LogP contribution in [0.2, 0.25) is 0 Å². The minimum Gasteiger partial charge on any atom is -0.354 e. The number of thiazole rings is 1. The third-order valence-electron chi connectivity index (χ3n) is 3.52. The summed E-state index contributed by atoms with van der Waals surface area (Å²) in [7, 11) is 0. The van der Waals surface area contributed by atoms with Crippen LogP contribution in [0, 0.1) is 0 Å². The highest BCUT2D eigenvalue weighted by molar-refractivity contribution is 8.14. The molecular formula is C13H21N3S2. The average Bonchev–Trinajstić information content (AvgIpc) is 2.98. The minimum atomic E-state index is -0.141. The summed E-state index contributed by atoms with van der Waals surface area (Å²) in [5, 5.41) is 7.74. The van der Waals surface area contributed by atoms with E-state index >= 15 is 0 Å². The molecule has 0 saturated carbocycles. The largest absolute Gasteiger partial charge is 0.354 e. The standard InChI is InChI=1S/C13H21N3S2/c1-5-13(6-2)9-18-11(16-13)15-12(3,4)10-14-7-8-17-10/h7-8H,5-6,9H2,1-4H3,(H,15,16). The van der Waals surface area contributed by atoms with E-state index in [1.165, 1.54) is 0 Å². The molecule has 100 valence electrons. The van der Waals surface area contributed by atoms with Gasteiger partial charge < -0.3 is 5.32 Å². The molecule has 0 radical (unpaired) electrons. The van der Waals surface area contributed by atoms with E-state index in [-0.39, 0.29) is 11.1 Å². The molecule has 0 fully saturated rings.